The summed E-state index contributed by atoms with van der Waals surface area (Å²) in [6.45, 7) is 8.34. The van der Waals surface area contributed by atoms with E-state index >= 15 is 0 Å². The summed E-state index contributed by atoms with van der Waals surface area (Å²) >= 11 is 0. The molecule has 0 atom stereocenters. The first-order valence-electron chi connectivity index (χ1n) is 12.4. The number of anilines is 1. The first-order valence-corrected chi connectivity index (χ1v) is 12.4. The Bertz CT molecular complexity index is 1040. The van der Waals surface area contributed by atoms with Crippen LogP contribution in [0, 0.1) is 30.1 Å². The molecule has 0 spiro atoms. The van der Waals surface area contributed by atoms with Crippen LogP contribution >= 0.6 is 0 Å². The number of benzene rings is 1. The predicted molar refractivity (Wildman–Crippen MR) is 129 cm³/mol. The van der Waals surface area contributed by atoms with Crippen molar-refractivity contribution in [3.63, 3.8) is 0 Å². The highest BCUT2D eigenvalue weighted by atomic mass is 16.2. The van der Waals surface area contributed by atoms with Crippen LogP contribution in [0.5, 0.6) is 0 Å². The molecule has 33 heavy (non-hydrogen) atoms. The van der Waals surface area contributed by atoms with Crippen molar-refractivity contribution in [2.24, 2.45) is 23.2 Å². The summed E-state index contributed by atoms with van der Waals surface area (Å²) in [4.78, 5) is 26.1. The largest absolute Gasteiger partial charge is 0.347 e. The SMILES string of the molecule is Cc1ccccc1-n1nc(C(C)(C)C)cc1NC(=O)CNC(=O)C12CC3CC(CC(C3)C1)C2. The van der Waals surface area contributed by atoms with Gasteiger partial charge in [0.05, 0.1) is 17.9 Å². The van der Waals surface area contributed by atoms with Crippen LogP contribution in [0.3, 0.4) is 0 Å². The molecule has 4 bridgehead atoms. The van der Waals surface area contributed by atoms with E-state index in [1.165, 1.54) is 19.3 Å². The Balaban J connectivity index is 1.29. The zero-order valence-electron chi connectivity index (χ0n) is 20.3. The summed E-state index contributed by atoms with van der Waals surface area (Å²) in [5, 5.41) is 10.8. The number of nitrogens with zero attached hydrogens (tertiary/aromatic N) is 2. The van der Waals surface area contributed by atoms with E-state index < -0.39 is 0 Å². The van der Waals surface area contributed by atoms with Crippen LogP contribution in [0.4, 0.5) is 5.82 Å². The van der Waals surface area contributed by atoms with Crippen molar-refractivity contribution in [1.82, 2.24) is 15.1 Å². The number of para-hydroxylation sites is 1. The predicted octanol–water partition coefficient (Wildman–Crippen LogP) is 4.75. The van der Waals surface area contributed by atoms with Gasteiger partial charge in [-0.2, -0.15) is 5.10 Å². The molecule has 4 saturated carbocycles. The Hall–Kier alpha value is -2.63. The van der Waals surface area contributed by atoms with Gasteiger partial charge in [0.25, 0.3) is 0 Å². The van der Waals surface area contributed by atoms with E-state index in [2.05, 4.69) is 31.4 Å². The summed E-state index contributed by atoms with van der Waals surface area (Å²) in [6.07, 6.45) is 6.90. The van der Waals surface area contributed by atoms with Crippen molar-refractivity contribution in [3.05, 3.63) is 41.6 Å². The van der Waals surface area contributed by atoms with Crippen LogP contribution in [0.2, 0.25) is 0 Å². The summed E-state index contributed by atoms with van der Waals surface area (Å²) in [6, 6.07) is 9.93. The van der Waals surface area contributed by atoms with Crippen LogP contribution < -0.4 is 10.6 Å². The topological polar surface area (TPSA) is 76.0 Å². The number of carbonyl (C=O) groups excluding carboxylic acids is 2. The number of aryl methyl sites for hydroxylation is 1. The van der Waals surface area contributed by atoms with Crippen LogP contribution in [-0.2, 0) is 15.0 Å². The number of amides is 2. The van der Waals surface area contributed by atoms with Gasteiger partial charge in [-0.15, -0.1) is 0 Å². The quantitative estimate of drug-likeness (QED) is 0.693. The molecule has 0 radical (unpaired) electrons. The second-order valence-electron chi connectivity index (χ2n) is 11.8. The van der Waals surface area contributed by atoms with Gasteiger partial charge in [-0.25, -0.2) is 4.68 Å². The lowest BCUT2D eigenvalue weighted by Gasteiger charge is -2.55. The number of nitrogens with one attached hydrogen (secondary N) is 2. The van der Waals surface area contributed by atoms with Gasteiger partial charge in [-0.1, -0.05) is 39.0 Å². The number of aromatic nitrogens is 2. The molecule has 2 aromatic rings. The highest BCUT2D eigenvalue weighted by Crippen LogP contribution is 2.60. The Morgan fingerprint density at radius 2 is 1.67 bits per heavy atom. The molecule has 0 unspecified atom stereocenters. The van der Waals surface area contributed by atoms with Crippen molar-refractivity contribution in [2.75, 3.05) is 11.9 Å². The van der Waals surface area contributed by atoms with Crippen LogP contribution in [0.1, 0.15) is 70.6 Å². The molecule has 176 valence electrons. The second-order valence-corrected chi connectivity index (χ2v) is 11.8. The Morgan fingerprint density at radius 3 is 2.24 bits per heavy atom. The zero-order chi connectivity index (χ0) is 23.4. The Morgan fingerprint density at radius 1 is 1.06 bits per heavy atom. The maximum Gasteiger partial charge on any atom is 0.244 e. The molecule has 0 saturated heterocycles. The van der Waals surface area contributed by atoms with Crippen molar-refractivity contribution in [2.45, 2.75) is 71.6 Å². The van der Waals surface area contributed by atoms with Gasteiger partial charge in [-0.3, -0.25) is 9.59 Å². The van der Waals surface area contributed by atoms with E-state index in [1.807, 2.05) is 37.3 Å². The molecule has 1 heterocycles. The third kappa shape index (κ3) is 4.20. The molecule has 4 fully saturated rings. The van der Waals surface area contributed by atoms with Crippen molar-refractivity contribution in [3.8, 4) is 5.69 Å². The maximum absolute atomic E-state index is 13.2. The minimum Gasteiger partial charge on any atom is -0.347 e. The summed E-state index contributed by atoms with van der Waals surface area (Å²) < 4.78 is 1.80. The van der Waals surface area contributed by atoms with Crippen molar-refractivity contribution in [1.29, 1.82) is 0 Å². The molecule has 1 aromatic heterocycles. The summed E-state index contributed by atoms with van der Waals surface area (Å²) in [7, 11) is 0. The maximum atomic E-state index is 13.2. The van der Waals surface area contributed by atoms with Crippen LogP contribution in [-0.4, -0.2) is 28.1 Å². The molecular weight excluding hydrogens is 412 g/mol. The van der Waals surface area contributed by atoms with Gasteiger partial charge in [0, 0.05) is 16.9 Å². The second kappa shape index (κ2) is 8.00. The monoisotopic (exact) mass is 448 g/mol. The molecule has 6 nitrogen and oxygen atoms in total. The molecule has 4 aliphatic rings. The third-order valence-corrected chi connectivity index (χ3v) is 8.02. The highest BCUT2D eigenvalue weighted by Gasteiger charge is 2.54. The van der Waals surface area contributed by atoms with Crippen molar-refractivity contribution >= 4 is 17.6 Å². The van der Waals surface area contributed by atoms with E-state index in [-0.39, 0.29) is 29.2 Å². The highest BCUT2D eigenvalue weighted by molar-refractivity contribution is 5.95. The van der Waals surface area contributed by atoms with E-state index in [1.54, 1.807) is 4.68 Å². The molecule has 1 aromatic carbocycles. The number of hydrogen-bond donors (Lipinski definition) is 2. The lowest BCUT2D eigenvalue weighted by molar-refractivity contribution is -0.146. The smallest absolute Gasteiger partial charge is 0.244 e. The van der Waals surface area contributed by atoms with E-state index in [4.69, 9.17) is 5.10 Å². The molecule has 2 amide bonds. The van der Waals surface area contributed by atoms with Crippen LogP contribution in [0.25, 0.3) is 5.69 Å². The normalized spacial score (nSPS) is 28.1. The fourth-order valence-corrected chi connectivity index (χ4v) is 6.75. The average Bonchev–Trinajstić information content (AvgIpc) is 3.15. The third-order valence-electron chi connectivity index (χ3n) is 8.02. The summed E-state index contributed by atoms with van der Waals surface area (Å²) in [5.41, 5.74) is 2.52. The molecule has 6 rings (SSSR count). The Labute approximate surface area is 196 Å². The lowest BCUT2D eigenvalue weighted by atomic mass is 9.49. The van der Waals surface area contributed by atoms with E-state index in [9.17, 15) is 9.59 Å². The van der Waals surface area contributed by atoms with Gasteiger partial charge in [0.1, 0.15) is 5.82 Å². The van der Waals surface area contributed by atoms with Crippen molar-refractivity contribution < 1.29 is 9.59 Å². The zero-order valence-corrected chi connectivity index (χ0v) is 20.3. The van der Waals surface area contributed by atoms with E-state index in [0.29, 0.717) is 23.6 Å². The van der Waals surface area contributed by atoms with Gasteiger partial charge >= 0.3 is 0 Å². The number of rotatable bonds is 5. The first kappa shape index (κ1) is 22.2. The molecule has 0 aliphatic heterocycles. The molecule has 6 heteroatoms. The summed E-state index contributed by atoms with van der Waals surface area (Å²) in [5.74, 6) is 2.60. The van der Waals surface area contributed by atoms with Gasteiger partial charge in [0.15, 0.2) is 0 Å². The van der Waals surface area contributed by atoms with Gasteiger partial charge in [-0.05, 0) is 74.8 Å². The fourth-order valence-electron chi connectivity index (χ4n) is 6.75. The minimum atomic E-state index is -0.239. The van der Waals surface area contributed by atoms with Gasteiger partial charge in [0.2, 0.25) is 11.8 Å². The standard InChI is InChI=1S/C27H36N4O2/c1-17-7-5-6-8-21(17)31-23(12-22(30-31)26(2,3)4)29-24(32)16-28-25(33)27-13-18-9-19(14-27)11-20(10-18)15-27/h5-8,12,18-20H,9-11,13-16H2,1-4H3,(H,28,33)(H,29,32). The molecular formula is C27H36N4O2. The minimum absolute atomic E-state index is 0.00954. The molecule has 2 N–H and O–H groups in total. The van der Waals surface area contributed by atoms with Gasteiger partial charge < -0.3 is 10.6 Å². The molecule has 4 aliphatic carbocycles. The lowest BCUT2D eigenvalue weighted by Crippen LogP contribution is -2.54. The first-order chi connectivity index (χ1) is 15.6. The number of hydrogen-bond acceptors (Lipinski definition) is 3. The van der Waals surface area contributed by atoms with Crippen LogP contribution in [0.15, 0.2) is 30.3 Å². The van der Waals surface area contributed by atoms with E-state index in [0.717, 1.165) is 36.2 Å². The average molecular weight is 449 g/mol. The number of carbonyl (C=O) groups is 2. The fraction of sp³-hybridized carbons (Fsp3) is 0.593. The Kier molecular flexibility index (Phi) is 5.37.